The molecule has 1 saturated heterocycles. The molecule has 1 heterocycles. The number of guanidine groups is 1. The van der Waals surface area contributed by atoms with Crippen LogP contribution in [0.1, 0.15) is 54.9 Å². The number of hydrogen-bond acceptors (Lipinski definition) is 5. The Labute approximate surface area is 191 Å². The van der Waals surface area contributed by atoms with Crippen molar-refractivity contribution in [3.8, 4) is 0 Å². The first-order valence-corrected chi connectivity index (χ1v) is 9.89. The normalized spacial score (nSPS) is 17.3. The fourth-order valence-electron chi connectivity index (χ4n) is 2.60. The molecular weight excluding hydrogens is 489 g/mol. The van der Waals surface area contributed by atoms with Crippen LogP contribution in [0.4, 0.5) is 9.59 Å². The molecule has 170 valence electrons. The van der Waals surface area contributed by atoms with E-state index in [1.807, 2.05) is 48.5 Å². The minimum atomic E-state index is -0.520. The van der Waals surface area contributed by atoms with Crippen LogP contribution in [0.5, 0.6) is 0 Å². The van der Waals surface area contributed by atoms with Gasteiger partial charge < -0.3 is 30.3 Å². The molecule has 0 aromatic heterocycles. The highest BCUT2D eigenvalue weighted by atomic mass is 127. The minimum absolute atomic E-state index is 0. The van der Waals surface area contributed by atoms with E-state index >= 15 is 0 Å². The van der Waals surface area contributed by atoms with Gasteiger partial charge in [-0.05, 0) is 54.9 Å². The molecule has 0 saturated carbocycles. The van der Waals surface area contributed by atoms with Crippen molar-refractivity contribution in [2.75, 3.05) is 32.7 Å². The first-order chi connectivity index (χ1) is 12.9. The van der Waals surface area contributed by atoms with Gasteiger partial charge in [-0.1, -0.05) is 0 Å². The maximum atomic E-state index is 11.9. The molecule has 1 atom stereocenters. The van der Waals surface area contributed by atoms with Gasteiger partial charge in [0, 0.05) is 26.2 Å². The van der Waals surface area contributed by atoms with Gasteiger partial charge in [-0.3, -0.25) is 4.99 Å². The second-order valence-corrected chi connectivity index (χ2v) is 8.74. The van der Waals surface area contributed by atoms with Gasteiger partial charge in [0.25, 0.3) is 0 Å². The number of hydrogen-bond donors (Lipinski definition) is 3. The van der Waals surface area contributed by atoms with Crippen LogP contribution in [-0.4, -0.2) is 73.0 Å². The largest absolute Gasteiger partial charge is 0.444 e. The summed E-state index contributed by atoms with van der Waals surface area (Å²) < 4.78 is 10.5. The summed E-state index contributed by atoms with van der Waals surface area (Å²) in [5.74, 6) is 0.766. The first-order valence-electron chi connectivity index (χ1n) is 9.89. The molecule has 1 fully saturated rings. The number of nitrogens with zero attached hydrogens (tertiary/aromatic N) is 2. The van der Waals surface area contributed by atoms with Crippen molar-refractivity contribution in [3.63, 3.8) is 0 Å². The number of likely N-dealkylation sites (tertiary alicyclic amines) is 1. The molecule has 10 heteroatoms. The van der Waals surface area contributed by atoms with E-state index in [-0.39, 0.29) is 30.0 Å². The van der Waals surface area contributed by atoms with E-state index in [4.69, 9.17) is 9.47 Å². The van der Waals surface area contributed by atoms with E-state index < -0.39 is 23.4 Å². The molecule has 9 nitrogen and oxygen atoms in total. The van der Waals surface area contributed by atoms with E-state index in [9.17, 15) is 9.59 Å². The highest BCUT2D eigenvalue weighted by Crippen LogP contribution is 2.12. The number of rotatable bonds is 5. The van der Waals surface area contributed by atoms with Gasteiger partial charge in [0.15, 0.2) is 5.96 Å². The molecule has 1 unspecified atom stereocenters. The van der Waals surface area contributed by atoms with Gasteiger partial charge in [0.2, 0.25) is 0 Å². The molecule has 1 rings (SSSR count). The Balaban J connectivity index is 0.00000784. The van der Waals surface area contributed by atoms with Gasteiger partial charge in [-0.15, -0.1) is 24.0 Å². The van der Waals surface area contributed by atoms with Crippen LogP contribution in [0, 0.1) is 0 Å². The standard InChI is InChI=1S/C19H37N5O4.HI/c1-8-20-15(21-10-11-22-16(25)27-18(2,3)4)24-12-9-14(13-24)23-17(26)28-19(5,6)7;/h14H,8-13H2,1-7H3,(H,20,21)(H,22,25)(H,23,26);1H. The molecule has 1 aliphatic heterocycles. The van der Waals surface area contributed by atoms with Crippen LogP contribution in [-0.2, 0) is 9.47 Å². The molecule has 0 spiro atoms. The van der Waals surface area contributed by atoms with Gasteiger partial charge in [-0.25, -0.2) is 9.59 Å². The van der Waals surface area contributed by atoms with Crippen LogP contribution in [0.25, 0.3) is 0 Å². The van der Waals surface area contributed by atoms with Crippen molar-refractivity contribution in [1.29, 1.82) is 0 Å². The molecule has 3 N–H and O–H groups in total. The fraction of sp³-hybridized carbons (Fsp3) is 0.842. The van der Waals surface area contributed by atoms with Gasteiger partial charge in [0.05, 0.1) is 12.6 Å². The number of aliphatic imine (C=N–C) groups is 1. The number of amides is 2. The summed E-state index contributed by atoms with van der Waals surface area (Å²) in [6.07, 6.45) is -0.0295. The summed E-state index contributed by atoms with van der Waals surface area (Å²) >= 11 is 0. The minimum Gasteiger partial charge on any atom is -0.444 e. The summed E-state index contributed by atoms with van der Waals surface area (Å²) in [5.41, 5.74) is -1.03. The van der Waals surface area contributed by atoms with Crippen molar-refractivity contribution in [2.45, 2.75) is 72.1 Å². The van der Waals surface area contributed by atoms with Crippen molar-refractivity contribution in [1.82, 2.24) is 20.9 Å². The Kier molecular flexibility index (Phi) is 11.7. The SMILES string of the molecule is CCNC(=NCCNC(=O)OC(C)(C)C)N1CCC(NC(=O)OC(C)(C)C)C1.I. The second-order valence-electron chi connectivity index (χ2n) is 8.74. The maximum absolute atomic E-state index is 11.9. The lowest BCUT2D eigenvalue weighted by atomic mass is 10.2. The molecule has 0 radical (unpaired) electrons. The van der Waals surface area contributed by atoms with Crippen LogP contribution in [0.15, 0.2) is 4.99 Å². The fourth-order valence-corrected chi connectivity index (χ4v) is 2.60. The summed E-state index contributed by atoms with van der Waals surface area (Å²) in [7, 11) is 0. The third-order valence-corrected chi connectivity index (χ3v) is 3.59. The summed E-state index contributed by atoms with van der Waals surface area (Å²) in [5, 5.41) is 8.85. The van der Waals surface area contributed by atoms with Gasteiger partial charge in [0.1, 0.15) is 11.2 Å². The highest BCUT2D eigenvalue weighted by Gasteiger charge is 2.27. The molecular formula is C19H38IN5O4. The predicted molar refractivity (Wildman–Crippen MR) is 125 cm³/mol. The second kappa shape index (κ2) is 12.3. The zero-order valence-corrected chi connectivity index (χ0v) is 21.1. The molecule has 0 aromatic rings. The van der Waals surface area contributed by atoms with Crippen molar-refractivity contribution < 1.29 is 19.1 Å². The predicted octanol–water partition coefficient (Wildman–Crippen LogP) is 2.69. The molecule has 1 aliphatic rings. The van der Waals surface area contributed by atoms with Gasteiger partial charge >= 0.3 is 12.2 Å². The molecule has 29 heavy (non-hydrogen) atoms. The third kappa shape index (κ3) is 12.7. The Hall–Kier alpha value is -1.46. The number of carbonyl (C=O) groups is 2. The van der Waals surface area contributed by atoms with Crippen LogP contribution >= 0.6 is 24.0 Å². The van der Waals surface area contributed by atoms with Crippen molar-refractivity contribution in [2.24, 2.45) is 4.99 Å². The quantitative estimate of drug-likeness (QED) is 0.220. The summed E-state index contributed by atoms with van der Waals surface area (Å²) in [6, 6.07) is 0.0126. The highest BCUT2D eigenvalue weighted by molar-refractivity contribution is 14.0. The number of halogens is 1. The van der Waals surface area contributed by atoms with Crippen molar-refractivity contribution >= 4 is 42.1 Å². The Morgan fingerprint density at radius 2 is 1.62 bits per heavy atom. The lowest BCUT2D eigenvalue weighted by molar-refractivity contribution is 0.0502. The maximum Gasteiger partial charge on any atom is 0.407 e. The lowest BCUT2D eigenvalue weighted by Crippen LogP contribution is -2.44. The van der Waals surface area contributed by atoms with Gasteiger partial charge in [-0.2, -0.15) is 0 Å². The average molecular weight is 527 g/mol. The smallest absolute Gasteiger partial charge is 0.407 e. The average Bonchev–Trinajstić information content (AvgIpc) is 2.94. The van der Waals surface area contributed by atoms with Crippen LogP contribution < -0.4 is 16.0 Å². The van der Waals surface area contributed by atoms with E-state index in [2.05, 4.69) is 25.8 Å². The summed E-state index contributed by atoms with van der Waals surface area (Å²) in [6.45, 7) is 16.0. The molecule has 0 aliphatic carbocycles. The lowest BCUT2D eigenvalue weighted by Gasteiger charge is -2.23. The Morgan fingerprint density at radius 3 is 2.17 bits per heavy atom. The van der Waals surface area contributed by atoms with E-state index in [1.54, 1.807) is 0 Å². The number of ether oxygens (including phenoxy) is 2. The Bertz CT molecular complexity index is 558. The third-order valence-electron chi connectivity index (χ3n) is 3.59. The molecule has 0 aromatic carbocycles. The van der Waals surface area contributed by atoms with E-state index in [0.717, 1.165) is 25.5 Å². The van der Waals surface area contributed by atoms with E-state index in [0.29, 0.717) is 19.6 Å². The van der Waals surface area contributed by atoms with E-state index in [1.165, 1.54) is 0 Å². The van der Waals surface area contributed by atoms with Crippen LogP contribution in [0.2, 0.25) is 0 Å². The molecule has 2 amide bonds. The number of nitrogens with one attached hydrogen (secondary N) is 3. The Morgan fingerprint density at radius 1 is 1.03 bits per heavy atom. The topological polar surface area (TPSA) is 104 Å². The zero-order valence-electron chi connectivity index (χ0n) is 18.8. The summed E-state index contributed by atoms with van der Waals surface area (Å²) in [4.78, 5) is 30.3. The van der Waals surface area contributed by atoms with Crippen molar-refractivity contribution in [3.05, 3.63) is 0 Å². The molecule has 0 bridgehead atoms. The number of carbonyl (C=O) groups excluding carboxylic acids is 2. The van der Waals surface area contributed by atoms with Crippen LogP contribution in [0.3, 0.4) is 0 Å². The monoisotopic (exact) mass is 527 g/mol. The first kappa shape index (κ1) is 27.5. The zero-order chi connectivity index (χ0) is 21.4. The number of alkyl carbamates (subject to hydrolysis) is 2.